The van der Waals surface area contributed by atoms with E-state index in [1.54, 1.807) is 0 Å². The van der Waals surface area contributed by atoms with Crippen molar-refractivity contribution in [3.8, 4) is 0 Å². The molecule has 1 amide bonds. The minimum atomic E-state index is -0.565. The Balaban J connectivity index is 2.55. The van der Waals surface area contributed by atoms with Gasteiger partial charge in [-0.25, -0.2) is 0 Å². The highest BCUT2D eigenvalue weighted by Crippen LogP contribution is 2.13. The van der Waals surface area contributed by atoms with Crippen molar-refractivity contribution in [2.45, 2.75) is 6.42 Å². The maximum atomic E-state index is 10.8. The lowest BCUT2D eigenvalue weighted by atomic mass is 10.1. The van der Waals surface area contributed by atoms with Crippen molar-refractivity contribution in [3.63, 3.8) is 0 Å². The van der Waals surface area contributed by atoms with Crippen molar-refractivity contribution in [2.75, 3.05) is 13.7 Å². The van der Waals surface area contributed by atoms with Gasteiger partial charge in [0, 0.05) is 13.5 Å². The molecule has 0 aromatic heterocycles. The fourth-order valence-electron chi connectivity index (χ4n) is 0.908. The van der Waals surface area contributed by atoms with Gasteiger partial charge in [0.25, 0.3) is 0 Å². The quantitative estimate of drug-likeness (QED) is 0.390. The molecule has 1 atom stereocenters. The molecular formula is C6H9NO3. The third-order valence-electron chi connectivity index (χ3n) is 1.50. The van der Waals surface area contributed by atoms with Crippen molar-refractivity contribution in [2.24, 2.45) is 5.92 Å². The van der Waals surface area contributed by atoms with Crippen LogP contribution in [0.4, 0.5) is 0 Å². The van der Waals surface area contributed by atoms with Crippen LogP contribution < -0.4 is 5.32 Å². The molecule has 1 heterocycles. The first-order valence-electron chi connectivity index (χ1n) is 3.14. The molecular weight excluding hydrogens is 134 g/mol. The second-order valence-corrected chi connectivity index (χ2v) is 2.12. The molecule has 4 nitrogen and oxygen atoms in total. The summed E-state index contributed by atoms with van der Waals surface area (Å²) in [4.78, 5) is 21.5. The Morgan fingerprint density at radius 3 is 2.90 bits per heavy atom. The average molecular weight is 143 g/mol. The van der Waals surface area contributed by atoms with Crippen LogP contribution in [-0.2, 0) is 14.3 Å². The van der Waals surface area contributed by atoms with Crippen molar-refractivity contribution in [3.05, 3.63) is 0 Å². The maximum Gasteiger partial charge on any atom is 0.318 e. The highest BCUT2D eigenvalue weighted by Gasteiger charge is 2.32. The highest BCUT2D eigenvalue weighted by molar-refractivity contribution is 5.98. The topological polar surface area (TPSA) is 55.4 Å². The largest absolute Gasteiger partial charge is 0.465 e. The van der Waals surface area contributed by atoms with Crippen LogP contribution in [0.15, 0.2) is 0 Å². The number of cyclic esters (lactones) is 1. The van der Waals surface area contributed by atoms with Gasteiger partial charge in [-0.15, -0.1) is 0 Å². The standard InChI is InChI=1S/C6H9NO3/c1-7-5(8)4-2-3-10-6(4)9/h4H,2-3H2,1H3,(H,7,8). The van der Waals surface area contributed by atoms with Gasteiger partial charge in [-0.1, -0.05) is 0 Å². The number of nitrogens with one attached hydrogen (secondary N) is 1. The van der Waals surface area contributed by atoms with Crippen LogP contribution in [0, 0.1) is 5.92 Å². The predicted octanol–water partition coefficient (Wildman–Crippen LogP) is -0.705. The van der Waals surface area contributed by atoms with Crippen LogP contribution in [0.3, 0.4) is 0 Å². The predicted molar refractivity (Wildman–Crippen MR) is 33.1 cm³/mol. The molecule has 0 radical (unpaired) electrons. The van der Waals surface area contributed by atoms with Crippen LogP contribution in [0.2, 0.25) is 0 Å². The van der Waals surface area contributed by atoms with E-state index >= 15 is 0 Å². The first-order valence-corrected chi connectivity index (χ1v) is 3.14. The molecule has 1 N–H and O–H groups in total. The van der Waals surface area contributed by atoms with Gasteiger partial charge in [0.2, 0.25) is 5.91 Å². The van der Waals surface area contributed by atoms with Gasteiger partial charge in [-0.2, -0.15) is 0 Å². The lowest BCUT2D eigenvalue weighted by Gasteiger charge is -2.00. The molecule has 0 aliphatic carbocycles. The third-order valence-corrected chi connectivity index (χ3v) is 1.50. The monoisotopic (exact) mass is 143 g/mol. The number of esters is 1. The number of amides is 1. The van der Waals surface area contributed by atoms with E-state index in [0.29, 0.717) is 13.0 Å². The molecule has 1 aliphatic heterocycles. The number of ether oxygens (including phenoxy) is 1. The van der Waals surface area contributed by atoms with Crippen LogP contribution in [0.25, 0.3) is 0 Å². The summed E-state index contributed by atoms with van der Waals surface area (Å²) in [6, 6.07) is 0. The molecule has 1 unspecified atom stereocenters. The fourth-order valence-corrected chi connectivity index (χ4v) is 0.908. The van der Waals surface area contributed by atoms with Crippen LogP contribution in [0.5, 0.6) is 0 Å². The summed E-state index contributed by atoms with van der Waals surface area (Å²) in [5, 5.41) is 2.40. The first-order chi connectivity index (χ1) is 4.75. The normalized spacial score (nSPS) is 24.1. The third kappa shape index (κ3) is 1.10. The van der Waals surface area contributed by atoms with E-state index in [2.05, 4.69) is 10.1 Å². The summed E-state index contributed by atoms with van der Waals surface area (Å²) in [5.74, 6) is -1.22. The van der Waals surface area contributed by atoms with E-state index in [4.69, 9.17) is 0 Å². The Kier molecular flexibility index (Phi) is 1.89. The van der Waals surface area contributed by atoms with Gasteiger partial charge in [0.15, 0.2) is 0 Å². The summed E-state index contributed by atoms with van der Waals surface area (Å²) >= 11 is 0. The second kappa shape index (κ2) is 2.68. The lowest BCUT2D eigenvalue weighted by Crippen LogP contribution is -2.30. The Bertz CT molecular complexity index is 166. The Hall–Kier alpha value is -1.06. The molecule has 0 bridgehead atoms. The summed E-state index contributed by atoms with van der Waals surface area (Å²) < 4.78 is 4.59. The zero-order chi connectivity index (χ0) is 7.56. The molecule has 0 aromatic carbocycles. The number of hydrogen-bond acceptors (Lipinski definition) is 3. The molecule has 1 fully saturated rings. The average Bonchev–Trinajstić information content (AvgIpc) is 2.34. The number of carbonyl (C=O) groups excluding carboxylic acids is 2. The van der Waals surface area contributed by atoms with E-state index in [9.17, 15) is 9.59 Å². The molecule has 1 rings (SSSR count). The minimum Gasteiger partial charge on any atom is -0.465 e. The smallest absolute Gasteiger partial charge is 0.318 e. The second-order valence-electron chi connectivity index (χ2n) is 2.12. The molecule has 10 heavy (non-hydrogen) atoms. The lowest BCUT2D eigenvalue weighted by molar-refractivity contribution is -0.145. The van der Waals surface area contributed by atoms with Crippen molar-refractivity contribution < 1.29 is 14.3 Å². The Morgan fingerprint density at radius 2 is 2.50 bits per heavy atom. The minimum absolute atomic E-state index is 0.248. The first kappa shape index (κ1) is 7.05. The SMILES string of the molecule is CNC(=O)C1CCOC1=O. The zero-order valence-electron chi connectivity index (χ0n) is 5.72. The summed E-state index contributed by atoms with van der Waals surface area (Å²) in [5.41, 5.74) is 0. The van der Waals surface area contributed by atoms with E-state index < -0.39 is 11.9 Å². The van der Waals surface area contributed by atoms with Crippen molar-refractivity contribution in [1.82, 2.24) is 5.32 Å². The van der Waals surface area contributed by atoms with Crippen LogP contribution in [0.1, 0.15) is 6.42 Å². The summed E-state index contributed by atoms with van der Waals surface area (Å²) in [6.45, 7) is 0.372. The Labute approximate surface area is 58.5 Å². The number of rotatable bonds is 1. The number of carbonyl (C=O) groups is 2. The molecule has 1 aliphatic rings. The molecule has 1 saturated heterocycles. The number of hydrogen-bond donors (Lipinski definition) is 1. The van der Waals surface area contributed by atoms with E-state index in [-0.39, 0.29) is 5.91 Å². The van der Waals surface area contributed by atoms with Gasteiger partial charge in [-0.3, -0.25) is 9.59 Å². The molecule has 0 spiro atoms. The molecule has 56 valence electrons. The summed E-state index contributed by atoms with van der Waals surface area (Å²) in [7, 11) is 1.51. The highest BCUT2D eigenvalue weighted by atomic mass is 16.5. The van der Waals surface area contributed by atoms with Gasteiger partial charge < -0.3 is 10.1 Å². The molecule has 4 heteroatoms. The van der Waals surface area contributed by atoms with Crippen molar-refractivity contribution in [1.29, 1.82) is 0 Å². The molecule has 0 aromatic rings. The van der Waals surface area contributed by atoms with Crippen molar-refractivity contribution >= 4 is 11.9 Å². The zero-order valence-corrected chi connectivity index (χ0v) is 5.72. The van der Waals surface area contributed by atoms with E-state index in [1.807, 2.05) is 0 Å². The maximum absolute atomic E-state index is 10.8. The Morgan fingerprint density at radius 1 is 1.80 bits per heavy atom. The fraction of sp³-hybridized carbons (Fsp3) is 0.667. The van der Waals surface area contributed by atoms with Crippen LogP contribution >= 0.6 is 0 Å². The van der Waals surface area contributed by atoms with Gasteiger partial charge in [0.1, 0.15) is 5.92 Å². The van der Waals surface area contributed by atoms with E-state index in [1.165, 1.54) is 7.05 Å². The summed E-state index contributed by atoms with van der Waals surface area (Å²) in [6.07, 6.45) is 0.512. The van der Waals surface area contributed by atoms with Gasteiger partial charge in [0.05, 0.1) is 6.61 Å². The van der Waals surface area contributed by atoms with E-state index in [0.717, 1.165) is 0 Å². The molecule has 0 saturated carbocycles. The van der Waals surface area contributed by atoms with Gasteiger partial charge >= 0.3 is 5.97 Å². The van der Waals surface area contributed by atoms with Gasteiger partial charge in [-0.05, 0) is 0 Å². The van der Waals surface area contributed by atoms with Crippen LogP contribution in [-0.4, -0.2) is 25.5 Å².